The van der Waals surface area contributed by atoms with Crippen LogP contribution in [-0.4, -0.2) is 56.1 Å². The van der Waals surface area contributed by atoms with Gasteiger partial charge in [0.15, 0.2) is 5.16 Å². The highest BCUT2D eigenvalue weighted by Gasteiger charge is 2.29. The van der Waals surface area contributed by atoms with Crippen molar-refractivity contribution in [1.29, 1.82) is 0 Å². The molecule has 170 valence electrons. The molecule has 1 N–H and O–H groups in total. The number of carbonyl (C=O) groups is 3. The molecular weight excluding hydrogens is 460 g/mol. The lowest BCUT2D eigenvalue weighted by Gasteiger charge is -2.20. The number of carbonyl (C=O) groups excluding carboxylic acids is 3. The summed E-state index contributed by atoms with van der Waals surface area (Å²) < 4.78 is 1.62. The van der Waals surface area contributed by atoms with Gasteiger partial charge >= 0.3 is 0 Å². The van der Waals surface area contributed by atoms with Gasteiger partial charge in [-0.05, 0) is 24.6 Å². The number of nitrogens with zero attached hydrogens (tertiary/aromatic N) is 3. The highest BCUT2D eigenvalue weighted by Crippen LogP contribution is 2.25. The van der Waals surface area contributed by atoms with E-state index in [9.17, 15) is 19.2 Å². The molecule has 0 unspecified atom stereocenters. The first kappa shape index (κ1) is 23.1. The molecule has 0 bridgehead atoms. The minimum atomic E-state index is -0.289. The molecule has 0 saturated carbocycles. The van der Waals surface area contributed by atoms with E-state index in [-0.39, 0.29) is 53.2 Å². The summed E-state index contributed by atoms with van der Waals surface area (Å²) in [5, 5.41) is 3.40. The first-order valence-electron chi connectivity index (χ1n) is 10.4. The number of rotatable bonds is 8. The topological polar surface area (TPSA) is 101 Å². The van der Waals surface area contributed by atoms with Gasteiger partial charge in [0.2, 0.25) is 11.8 Å². The second-order valence-electron chi connectivity index (χ2n) is 7.41. The fourth-order valence-electron chi connectivity index (χ4n) is 3.53. The molecule has 1 atom stereocenters. The minimum absolute atomic E-state index is 0.0446. The Hall–Kier alpha value is -3.11. The van der Waals surface area contributed by atoms with E-state index in [1.54, 1.807) is 22.8 Å². The second-order valence-corrected chi connectivity index (χ2v) is 9.28. The third-order valence-electron chi connectivity index (χ3n) is 5.28. The second kappa shape index (κ2) is 10.2. The van der Waals surface area contributed by atoms with Gasteiger partial charge in [-0.3, -0.25) is 28.6 Å². The Bertz CT molecular complexity index is 1250. The van der Waals surface area contributed by atoms with Gasteiger partial charge in [0, 0.05) is 13.1 Å². The molecular formula is C23H22N4O4S2. The molecule has 3 aromatic rings. The summed E-state index contributed by atoms with van der Waals surface area (Å²) in [7, 11) is 0. The smallest absolute Gasteiger partial charge is 0.288 e. The zero-order valence-electron chi connectivity index (χ0n) is 17.9. The zero-order valence-corrected chi connectivity index (χ0v) is 19.5. The maximum Gasteiger partial charge on any atom is 0.288 e. The summed E-state index contributed by atoms with van der Waals surface area (Å²) in [6.45, 7) is 2.25. The van der Waals surface area contributed by atoms with Crippen LogP contribution in [0.2, 0.25) is 0 Å². The summed E-state index contributed by atoms with van der Waals surface area (Å²) in [4.78, 5) is 54.8. The van der Waals surface area contributed by atoms with Crippen LogP contribution in [0, 0.1) is 0 Å². The molecule has 10 heteroatoms. The number of amides is 3. The van der Waals surface area contributed by atoms with E-state index >= 15 is 0 Å². The lowest BCUT2D eigenvalue weighted by molar-refractivity contribution is -0.125. The van der Waals surface area contributed by atoms with Crippen molar-refractivity contribution in [3.05, 3.63) is 70.5 Å². The van der Waals surface area contributed by atoms with Gasteiger partial charge in [0.1, 0.15) is 0 Å². The molecule has 3 amide bonds. The van der Waals surface area contributed by atoms with E-state index in [0.717, 1.165) is 22.2 Å². The fourth-order valence-corrected chi connectivity index (χ4v) is 5.19. The molecule has 1 saturated heterocycles. The SMILES string of the molecule is C[C@H](c1ccccc1)n1c(SCC(=O)NCCN2C(=O)CSC2=O)nc2ccccc2c1=O. The van der Waals surface area contributed by atoms with E-state index in [0.29, 0.717) is 16.1 Å². The maximum atomic E-state index is 13.3. The number of thioether (sulfide) groups is 2. The average Bonchev–Trinajstić information content (AvgIpc) is 3.15. The molecule has 0 radical (unpaired) electrons. The van der Waals surface area contributed by atoms with E-state index in [2.05, 4.69) is 10.3 Å². The molecule has 33 heavy (non-hydrogen) atoms. The number of hydrogen-bond acceptors (Lipinski definition) is 7. The summed E-state index contributed by atoms with van der Waals surface area (Å²) in [6, 6.07) is 16.5. The van der Waals surface area contributed by atoms with Crippen molar-refractivity contribution >= 4 is 51.5 Å². The van der Waals surface area contributed by atoms with Crippen molar-refractivity contribution in [2.75, 3.05) is 24.6 Å². The van der Waals surface area contributed by atoms with Crippen LogP contribution in [0.4, 0.5) is 4.79 Å². The molecule has 1 aliphatic heterocycles. The van der Waals surface area contributed by atoms with Gasteiger partial charge in [0.05, 0.1) is 28.5 Å². The van der Waals surface area contributed by atoms with Crippen LogP contribution >= 0.6 is 23.5 Å². The number of para-hydroxylation sites is 1. The molecule has 4 rings (SSSR count). The predicted molar refractivity (Wildman–Crippen MR) is 130 cm³/mol. The Labute approximate surface area is 198 Å². The Kier molecular flexibility index (Phi) is 7.14. The number of aromatic nitrogens is 2. The third kappa shape index (κ3) is 5.12. The van der Waals surface area contributed by atoms with Gasteiger partial charge in [-0.25, -0.2) is 4.98 Å². The van der Waals surface area contributed by atoms with Crippen molar-refractivity contribution in [3.63, 3.8) is 0 Å². The van der Waals surface area contributed by atoms with E-state index < -0.39 is 0 Å². The van der Waals surface area contributed by atoms with Crippen LogP contribution in [0.25, 0.3) is 10.9 Å². The van der Waals surface area contributed by atoms with Crippen molar-refractivity contribution < 1.29 is 14.4 Å². The highest BCUT2D eigenvalue weighted by molar-refractivity contribution is 8.14. The predicted octanol–water partition coefficient (Wildman–Crippen LogP) is 2.91. The van der Waals surface area contributed by atoms with Crippen LogP contribution in [-0.2, 0) is 9.59 Å². The molecule has 1 fully saturated rings. The molecule has 2 heterocycles. The molecule has 1 aliphatic rings. The fraction of sp³-hybridized carbons (Fsp3) is 0.261. The zero-order chi connectivity index (χ0) is 23.4. The minimum Gasteiger partial charge on any atom is -0.354 e. The molecule has 2 aromatic carbocycles. The number of benzene rings is 2. The van der Waals surface area contributed by atoms with Crippen LogP contribution in [0.1, 0.15) is 18.5 Å². The quantitative estimate of drug-likeness (QED) is 0.389. The monoisotopic (exact) mass is 482 g/mol. The number of nitrogens with one attached hydrogen (secondary N) is 1. The van der Waals surface area contributed by atoms with Crippen molar-refractivity contribution in [1.82, 2.24) is 19.8 Å². The first-order chi connectivity index (χ1) is 16.0. The average molecular weight is 483 g/mol. The number of imide groups is 1. The van der Waals surface area contributed by atoms with E-state index in [1.807, 2.05) is 43.3 Å². The molecule has 1 aromatic heterocycles. The normalized spacial score (nSPS) is 14.6. The Morgan fingerprint density at radius 1 is 1.12 bits per heavy atom. The Morgan fingerprint density at radius 2 is 1.85 bits per heavy atom. The standard InChI is InChI=1S/C23H22N4O4S2/c1-15(16-7-3-2-4-8-16)27-21(30)17-9-5-6-10-18(17)25-22(27)32-13-19(28)24-11-12-26-20(29)14-33-23(26)31/h2-10,15H,11-14H2,1H3,(H,24,28)/t15-/m1/s1. The van der Waals surface area contributed by atoms with E-state index in [4.69, 9.17) is 0 Å². The van der Waals surface area contributed by atoms with E-state index in [1.165, 1.54) is 11.8 Å². The Balaban J connectivity index is 1.50. The van der Waals surface area contributed by atoms with Crippen LogP contribution < -0.4 is 10.9 Å². The van der Waals surface area contributed by atoms with Crippen molar-refractivity contribution in [2.45, 2.75) is 18.1 Å². The van der Waals surface area contributed by atoms with Gasteiger partial charge in [-0.15, -0.1) is 0 Å². The summed E-state index contributed by atoms with van der Waals surface area (Å²) in [5.41, 5.74) is 1.37. The molecule has 8 nitrogen and oxygen atoms in total. The van der Waals surface area contributed by atoms with Crippen LogP contribution in [0.15, 0.2) is 64.5 Å². The van der Waals surface area contributed by atoms with Gasteiger partial charge in [-0.2, -0.15) is 0 Å². The third-order valence-corrected chi connectivity index (χ3v) is 7.09. The molecule has 0 spiro atoms. The number of fused-ring (bicyclic) bond motifs is 1. The van der Waals surface area contributed by atoms with Crippen LogP contribution in [0.5, 0.6) is 0 Å². The number of hydrogen-bond donors (Lipinski definition) is 1. The highest BCUT2D eigenvalue weighted by atomic mass is 32.2. The molecule has 0 aliphatic carbocycles. The summed E-state index contributed by atoms with van der Waals surface area (Å²) in [6.07, 6.45) is 0. The largest absolute Gasteiger partial charge is 0.354 e. The van der Waals surface area contributed by atoms with Crippen molar-refractivity contribution in [3.8, 4) is 0 Å². The first-order valence-corrected chi connectivity index (χ1v) is 12.4. The lowest BCUT2D eigenvalue weighted by Crippen LogP contribution is -2.38. The van der Waals surface area contributed by atoms with Gasteiger partial charge in [0.25, 0.3) is 10.8 Å². The maximum absolute atomic E-state index is 13.3. The van der Waals surface area contributed by atoms with Crippen molar-refractivity contribution in [2.24, 2.45) is 0 Å². The lowest BCUT2D eigenvalue weighted by atomic mass is 10.1. The van der Waals surface area contributed by atoms with Gasteiger partial charge in [-0.1, -0.05) is 66.0 Å². The van der Waals surface area contributed by atoms with Crippen LogP contribution in [0.3, 0.4) is 0 Å². The Morgan fingerprint density at radius 3 is 2.58 bits per heavy atom. The summed E-state index contributed by atoms with van der Waals surface area (Å²) >= 11 is 2.14. The summed E-state index contributed by atoms with van der Waals surface area (Å²) in [5.74, 6) is -0.322. The van der Waals surface area contributed by atoms with Gasteiger partial charge < -0.3 is 5.32 Å².